The number of aliphatic hydroxyl groups is 1. The Labute approximate surface area is 122 Å². The van der Waals surface area contributed by atoms with Crippen LogP contribution in [0.5, 0.6) is 0 Å². The highest BCUT2D eigenvalue weighted by Crippen LogP contribution is 2.27. The SMILES string of the molecule is CC(C)C(O)c1cc(Br)c2c(=O)n(CC(=O)O)cnn12. The zero-order chi connectivity index (χ0) is 15.0. The molecule has 7 nitrogen and oxygen atoms in total. The normalized spacial score (nSPS) is 13.1. The first kappa shape index (κ1) is 14.7. The van der Waals surface area contributed by atoms with E-state index in [1.54, 1.807) is 6.07 Å². The van der Waals surface area contributed by atoms with E-state index in [1.807, 2.05) is 13.8 Å². The van der Waals surface area contributed by atoms with Gasteiger partial charge in [-0.1, -0.05) is 13.8 Å². The van der Waals surface area contributed by atoms with E-state index in [0.717, 1.165) is 10.9 Å². The third-order valence-electron chi connectivity index (χ3n) is 2.97. The van der Waals surface area contributed by atoms with Gasteiger partial charge in [0.25, 0.3) is 5.56 Å². The molecule has 2 N–H and O–H groups in total. The number of halogens is 1. The van der Waals surface area contributed by atoms with E-state index in [2.05, 4.69) is 21.0 Å². The molecule has 1 atom stereocenters. The second kappa shape index (κ2) is 5.37. The number of aliphatic carboxylic acids is 1. The van der Waals surface area contributed by atoms with Crippen molar-refractivity contribution < 1.29 is 15.0 Å². The Morgan fingerprint density at radius 1 is 1.50 bits per heavy atom. The van der Waals surface area contributed by atoms with Crippen molar-refractivity contribution in [3.05, 3.63) is 32.9 Å². The summed E-state index contributed by atoms with van der Waals surface area (Å²) in [5.74, 6) is -1.16. The average Bonchev–Trinajstić information content (AvgIpc) is 2.69. The van der Waals surface area contributed by atoms with Crippen molar-refractivity contribution in [1.29, 1.82) is 0 Å². The van der Waals surface area contributed by atoms with Gasteiger partial charge in [-0.15, -0.1) is 0 Å². The Morgan fingerprint density at radius 3 is 2.70 bits per heavy atom. The highest BCUT2D eigenvalue weighted by atomic mass is 79.9. The first-order chi connectivity index (χ1) is 9.32. The van der Waals surface area contributed by atoms with Crippen LogP contribution in [0.2, 0.25) is 0 Å². The highest BCUT2D eigenvalue weighted by molar-refractivity contribution is 9.10. The molecule has 0 bridgehead atoms. The predicted molar refractivity (Wildman–Crippen MR) is 74.6 cm³/mol. The molecule has 2 aromatic rings. The molecule has 0 fully saturated rings. The molecule has 0 aliphatic rings. The minimum absolute atomic E-state index is 0.0387. The maximum absolute atomic E-state index is 12.2. The monoisotopic (exact) mass is 343 g/mol. The lowest BCUT2D eigenvalue weighted by Gasteiger charge is -2.14. The third-order valence-corrected chi connectivity index (χ3v) is 3.57. The lowest BCUT2D eigenvalue weighted by molar-refractivity contribution is -0.137. The van der Waals surface area contributed by atoms with Crippen molar-refractivity contribution in [2.45, 2.75) is 26.5 Å². The van der Waals surface area contributed by atoms with Crippen LogP contribution in [0.1, 0.15) is 25.6 Å². The smallest absolute Gasteiger partial charge is 0.323 e. The summed E-state index contributed by atoms with van der Waals surface area (Å²) in [6, 6.07) is 1.62. The minimum Gasteiger partial charge on any atom is -0.480 e. The third kappa shape index (κ3) is 2.48. The van der Waals surface area contributed by atoms with Gasteiger partial charge in [0, 0.05) is 0 Å². The summed E-state index contributed by atoms with van der Waals surface area (Å²) >= 11 is 3.25. The van der Waals surface area contributed by atoms with Crippen LogP contribution in [0.15, 0.2) is 21.7 Å². The minimum atomic E-state index is -1.12. The number of carboxylic acid groups (broad SMARTS) is 1. The zero-order valence-corrected chi connectivity index (χ0v) is 12.5. The number of carboxylic acids is 1. The second-order valence-corrected chi connectivity index (χ2v) is 5.68. The second-order valence-electron chi connectivity index (χ2n) is 4.82. The lowest BCUT2D eigenvalue weighted by Crippen LogP contribution is -2.27. The first-order valence-electron chi connectivity index (χ1n) is 5.99. The van der Waals surface area contributed by atoms with Gasteiger partial charge < -0.3 is 10.2 Å². The van der Waals surface area contributed by atoms with Crippen LogP contribution in [0.25, 0.3) is 5.52 Å². The zero-order valence-electron chi connectivity index (χ0n) is 10.9. The molecule has 0 aliphatic heterocycles. The Balaban J connectivity index is 2.66. The van der Waals surface area contributed by atoms with Gasteiger partial charge >= 0.3 is 5.97 Å². The molecule has 0 aromatic carbocycles. The summed E-state index contributed by atoms with van der Waals surface area (Å²) in [5.41, 5.74) is 0.224. The number of rotatable bonds is 4. The van der Waals surface area contributed by atoms with Crippen molar-refractivity contribution in [1.82, 2.24) is 14.2 Å². The molecule has 0 amide bonds. The van der Waals surface area contributed by atoms with E-state index in [1.165, 1.54) is 4.52 Å². The molecule has 2 heterocycles. The van der Waals surface area contributed by atoms with Crippen molar-refractivity contribution in [2.75, 3.05) is 0 Å². The van der Waals surface area contributed by atoms with Crippen LogP contribution in [0.4, 0.5) is 0 Å². The Morgan fingerprint density at radius 2 is 2.15 bits per heavy atom. The summed E-state index contributed by atoms with van der Waals surface area (Å²) in [7, 11) is 0. The van der Waals surface area contributed by atoms with E-state index in [-0.39, 0.29) is 11.4 Å². The summed E-state index contributed by atoms with van der Waals surface area (Å²) in [4.78, 5) is 22.9. The summed E-state index contributed by atoms with van der Waals surface area (Å²) < 4.78 is 2.83. The maximum Gasteiger partial charge on any atom is 0.323 e. The topological polar surface area (TPSA) is 96.8 Å². The average molecular weight is 344 g/mol. The number of nitrogens with zero attached hydrogens (tertiary/aromatic N) is 3. The van der Waals surface area contributed by atoms with Crippen LogP contribution in [0, 0.1) is 5.92 Å². The van der Waals surface area contributed by atoms with Crippen LogP contribution < -0.4 is 5.56 Å². The van der Waals surface area contributed by atoms with Gasteiger partial charge in [-0.3, -0.25) is 14.2 Å². The summed E-state index contributed by atoms with van der Waals surface area (Å²) in [6.45, 7) is 3.25. The fourth-order valence-electron chi connectivity index (χ4n) is 1.92. The fourth-order valence-corrected chi connectivity index (χ4v) is 2.49. The van der Waals surface area contributed by atoms with Gasteiger partial charge in [-0.25, -0.2) is 4.52 Å². The van der Waals surface area contributed by atoms with Crippen molar-refractivity contribution >= 4 is 27.4 Å². The van der Waals surface area contributed by atoms with Crippen LogP contribution in [0.3, 0.4) is 0 Å². The van der Waals surface area contributed by atoms with E-state index in [4.69, 9.17) is 5.11 Å². The molecule has 20 heavy (non-hydrogen) atoms. The van der Waals surface area contributed by atoms with Gasteiger partial charge in [-0.2, -0.15) is 5.10 Å². The van der Waals surface area contributed by atoms with Gasteiger partial charge in [0.05, 0.1) is 16.3 Å². The van der Waals surface area contributed by atoms with E-state index in [0.29, 0.717) is 10.2 Å². The largest absolute Gasteiger partial charge is 0.480 e. The van der Waals surface area contributed by atoms with E-state index >= 15 is 0 Å². The molecule has 8 heteroatoms. The molecule has 0 aliphatic carbocycles. The first-order valence-corrected chi connectivity index (χ1v) is 6.78. The standard InChI is InChI=1S/C12H14BrN3O4/c1-6(2)11(19)8-3-7(13)10-12(20)15(4-9(17)18)5-14-16(8)10/h3,5-6,11,19H,4H2,1-2H3,(H,17,18). The number of carbonyl (C=O) groups is 1. The van der Waals surface area contributed by atoms with Crippen LogP contribution in [-0.2, 0) is 11.3 Å². The Kier molecular flexibility index (Phi) is 3.96. The van der Waals surface area contributed by atoms with Gasteiger partial charge in [0.2, 0.25) is 0 Å². The summed E-state index contributed by atoms with van der Waals surface area (Å²) in [5, 5.41) is 22.9. The molecule has 0 saturated heterocycles. The number of fused-ring (bicyclic) bond motifs is 1. The molecule has 0 spiro atoms. The van der Waals surface area contributed by atoms with E-state index < -0.39 is 24.2 Å². The molecule has 2 aromatic heterocycles. The molecule has 0 saturated carbocycles. The van der Waals surface area contributed by atoms with Crippen molar-refractivity contribution in [2.24, 2.45) is 5.92 Å². The highest BCUT2D eigenvalue weighted by Gasteiger charge is 2.21. The Hall–Kier alpha value is -1.67. The molecular formula is C12H14BrN3O4. The van der Waals surface area contributed by atoms with E-state index in [9.17, 15) is 14.7 Å². The molecular weight excluding hydrogens is 330 g/mol. The molecule has 0 radical (unpaired) electrons. The lowest BCUT2D eigenvalue weighted by atomic mass is 10.1. The molecule has 2 rings (SSSR count). The van der Waals surface area contributed by atoms with Crippen LogP contribution >= 0.6 is 15.9 Å². The Bertz CT molecular complexity index is 719. The molecule has 1 unspecified atom stereocenters. The number of hydrogen-bond donors (Lipinski definition) is 2. The number of hydrogen-bond acceptors (Lipinski definition) is 4. The van der Waals surface area contributed by atoms with Gasteiger partial charge in [-0.05, 0) is 27.9 Å². The van der Waals surface area contributed by atoms with Gasteiger partial charge in [0.15, 0.2) is 0 Å². The number of aliphatic hydroxyl groups excluding tert-OH is 1. The van der Waals surface area contributed by atoms with Crippen molar-refractivity contribution in [3.8, 4) is 0 Å². The quantitative estimate of drug-likeness (QED) is 0.864. The maximum atomic E-state index is 12.2. The predicted octanol–water partition coefficient (Wildman–Crippen LogP) is 1.03. The fraction of sp³-hybridized carbons (Fsp3) is 0.417. The summed E-state index contributed by atoms with van der Waals surface area (Å²) in [6.07, 6.45) is 0.392. The van der Waals surface area contributed by atoms with Gasteiger partial charge in [0.1, 0.15) is 18.4 Å². The van der Waals surface area contributed by atoms with Crippen molar-refractivity contribution in [3.63, 3.8) is 0 Å². The molecule has 108 valence electrons. The number of aromatic nitrogens is 3. The van der Waals surface area contributed by atoms with Crippen LogP contribution in [-0.4, -0.2) is 30.4 Å².